The maximum atomic E-state index is 13.2. The van der Waals surface area contributed by atoms with Gasteiger partial charge in [-0.1, -0.05) is 0 Å². The second kappa shape index (κ2) is 9.03. The zero-order chi connectivity index (χ0) is 20.9. The summed E-state index contributed by atoms with van der Waals surface area (Å²) in [5.41, 5.74) is -2.66. The Morgan fingerprint density at radius 2 is 1.93 bits per heavy atom. The summed E-state index contributed by atoms with van der Waals surface area (Å²) in [6.45, 7) is 7.10. The second-order valence-electron chi connectivity index (χ2n) is 7.89. The van der Waals surface area contributed by atoms with Gasteiger partial charge in [-0.2, -0.15) is 4.39 Å². The molecular formula is C18H27FN4O5. The Hall–Kier alpha value is -2.65. The first-order valence-electron chi connectivity index (χ1n) is 9.34. The van der Waals surface area contributed by atoms with E-state index in [2.05, 4.69) is 5.32 Å². The smallest absolute Gasteiger partial charge is 0.410 e. The summed E-state index contributed by atoms with van der Waals surface area (Å²) in [6.07, 6.45) is 3.54. The number of rotatable bonds is 4. The lowest BCUT2D eigenvalue weighted by Gasteiger charge is -2.33. The fraction of sp³-hybridized carbons (Fsp3) is 0.667. The van der Waals surface area contributed by atoms with E-state index in [-0.39, 0.29) is 6.09 Å². The number of ether oxygens (including phenoxy) is 1. The van der Waals surface area contributed by atoms with Crippen LogP contribution in [0, 0.1) is 11.7 Å². The van der Waals surface area contributed by atoms with Crippen LogP contribution in [0.15, 0.2) is 15.8 Å². The van der Waals surface area contributed by atoms with Gasteiger partial charge < -0.3 is 15.0 Å². The molecule has 10 heteroatoms. The molecular weight excluding hydrogens is 371 g/mol. The number of aromatic amines is 1. The van der Waals surface area contributed by atoms with Crippen molar-refractivity contribution >= 4 is 12.1 Å². The zero-order valence-corrected chi connectivity index (χ0v) is 16.4. The molecule has 1 aliphatic rings. The van der Waals surface area contributed by atoms with Crippen molar-refractivity contribution in [3.8, 4) is 0 Å². The summed E-state index contributed by atoms with van der Waals surface area (Å²) in [4.78, 5) is 49.9. The molecule has 156 valence electrons. The third kappa shape index (κ3) is 6.21. The van der Waals surface area contributed by atoms with Crippen LogP contribution in [0.1, 0.15) is 46.5 Å². The third-order valence-corrected chi connectivity index (χ3v) is 4.45. The summed E-state index contributed by atoms with van der Waals surface area (Å²) in [6, 6.07) is -0.792. The lowest BCUT2D eigenvalue weighted by atomic mass is 9.92. The molecule has 1 fully saturated rings. The molecule has 0 aliphatic carbocycles. The van der Waals surface area contributed by atoms with Gasteiger partial charge >= 0.3 is 17.8 Å². The van der Waals surface area contributed by atoms with E-state index in [1.807, 2.05) is 20.8 Å². The molecule has 2 heterocycles. The first-order valence-corrected chi connectivity index (χ1v) is 9.34. The largest absolute Gasteiger partial charge is 0.444 e. The number of H-pyrrole nitrogens is 1. The maximum absolute atomic E-state index is 13.2. The quantitative estimate of drug-likeness (QED) is 0.749. The number of halogens is 1. The normalized spacial score (nSPS) is 15.4. The minimum absolute atomic E-state index is 0.295. The highest BCUT2D eigenvalue weighted by Crippen LogP contribution is 2.23. The second-order valence-corrected chi connectivity index (χ2v) is 7.89. The van der Waals surface area contributed by atoms with Gasteiger partial charge in [0, 0.05) is 19.6 Å². The van der Waals surface area contributed by atoms with E-state index in [4.69, 9.17) is 4.74 Å². The molecule has 1 aromatic rings. The van der Waals surface area contributed by atoms with E-state index in [1.165, 1.54) is 0 Å². The minimum Gasteiger partial charge on any atom is -0.444 e. The molecule has 2 rings (SSSR count). The predicted octanol–water partition coefficient (Wildman–Crippen LogP) is 1.66. The van der Waals surface area contributed by atoms with Crippen molar-refractivity contribution < 1.29 is 18.7 Å². The Morgan fingerprint density at radius 1 is 1.29 bits per heavy atom. The molecule has 0 spiro atoms. The van der Waals surface area contributed by atoms with Gasteiger partial charge in [-0.05, 0) is 52.4 Å². The highest BCUT2D eigenvalue weighted by molar-refractivity contribution is 5.76. The van der Waals surface area contributed by atoms with Crippen LogP contribution in [0.4, 0.5) is 14.0 Å². The van der Waals surface area contributed by atoms with Gasteiger partial charge in [0.2, 0.25) is 5.82 Å². The molecule has 2 N–H and O–H groups in total. The monoisotopic (exact) mass is 398 g/mol. The molecule has 1 aliphatic heterocycles. The molecule has 0 aromatic carbocycles. The number of nitrogens with zero attached hydrogens (tertiary/aromatic N) is 2. The van der Waals surface area contributed by atoms with Crippen molar-refractivity contribution in [2.45, 2.75) is 52.1 Å². The van der Waals surface area contributed by atoms with Crippen LogP contribution in [-0.2, 0) is 4.74 Å². The fourth-order valence-electron chi connectivity index (χ4n) is 3.00. The topological polar surface area (TPSA) is 114 Å². The highest BCUT2D eigenvalue weighted by atomic mass is 19.1. The maximum Gasteiger partial charge on any atom is 0.410 e. The van der Waals surface area contributed by atoms with Crippen molar-refractivity contribution in [1.29, 1.82) is 0 Å². The van der Waals surface area contributed by atoms with Crippen LogP contribution in [0.3, 0.4) is 0 Å². The van der Waals surface area contributed by atoms with E-state index in [9.17, 15) is 23.6 Å². The number of aromatic nitrogens is 2. The Balaban J connectivity index is 1.70. The van der Waals surface area contributed by atoms with E-state index >= 15 is 0 Å². The predicted molar refractivity (Wildman–Crippen MR) is 99.8 cm³/mol. The number of nitrogens with one attached hydrogen (secondary N) is 2. The van der Waals surface area contributed by atoms with E-state index in [0.717, 1.165) is 19.3 Å². The highest BCUT2D eigenvalue weighted by Gasteiger charge is 2.26. The van der Waals surface area contributed by atoms with Crippen LogP contribution in [0.25, 0.3) is 0 Å². The summed E-state index contributed by atoms with van der Waals surface area (Å²) in [5, 5.41) is 2.53. The average Bonchev–Trinajstić information content (AvgIpc) is 2.60. The molecule has 0 radical (unpaired) electrons. The van der Waals surface area contributed by atoms with E-state index in [0.29, 0.717) is 42.7 Å². The summed E-state index contributed by atoms with van der Waals surface area (Å²) in [7, 11) is 0. The van der Waals surface area contributed by atoms with Gasteiger partial charge in [0.15, 0.2) is 0 Å². The number of hydrogen-bond donors (Lipinski definition) is 2. The van der Waals surface area contributed by atoms with Gasteiger partial charge in [-0.15, -0.1) is 0 Å². The average molecular weight is 398 g/mol. The number of piperidine rings is 1. The number of hydrogen-bond acceptors (Lipinski definition) is 5. The van der Waals surface area contributed by atoms with E-state index < -0.39 is 28.7 Å². The standard InChI is InChI=1S/C18H27FN4O5/c1-18(2,3)28-17(27)22-9-6-12(7-10-22)5-4-8-20-15(25)23-11-13(19)14(24)21-16(23)26/h11-12H,4-10H2,1-3H3,(H,20,25)(H,21,24,26). The third-order valence-electron chi connectivity index (χ3n) is 4.45. The minimum atomic E-state index is -1.20. The number of carbonyl (C=O) groups is 2. The number of likely N-dealkylation sites (tertiary alicyclic amines) is 1. The van der Waals surface area contributed by atoms with Gasteiger partial charge in [0.05, 0.1) is 6.20 Å². The van der Waals surface area contributed by atoms with Crippen LogP contribution >= 0.6 is 0 Å². The van der Waals surface area contributed by atoms with Gasteiger partial charge in [-0.25, -0.2) is 19.0 Å². The van der Waals surface area contributed by atoms with E-state index in [1.54, 1.807) is 9.88 Å². The lowest BCUT2D eigenvalue weighted by Crippen LogP contribution is -2.42. The van der Waals surface area contributed by atoms with Gasteiger partial charge in [0.25, 0.3) is 5.56 Å². The van der Waals surface area contributed by atoms with Crippen LogP contribution in [0.2, 0.25) is 0 Å². The first-order chi connectivity index (χ1) is 13.1. The Bertz CT molecular complexity index is 818. The Kier molecular flexibility index (Phi) is 6.98. The molecule has 2 amide bonds. The molecule has 0 bridgehead atoms. The summed E-state index contributed by atoms with van der Waals surface area (Å²) < 4.78 is 19.1. The molecule has 0 atom stereocenters. The van der Waals surface area contributed by atoms with Crippen LogP contribution in [0.5, 0.6) is 0 Å². The van der Waals surface area contributed by atoms with Crippen molar-refractivity contribution in [1.82, 2.24) is 19.8 Å². The van der Waals surface area contributed by atoms with Gasteiger partial charge in [-0.3, -0.25) is 9.78 Å². The molecule has 9 nitrogen and oxygen atoms in total. The molecule has 0 saturated carbocycles. The molecule has 1 saturated heterocycles. The van der Waals surface area contributed by atoms with Crippen LogP contribution in [-0.4, -0.2) is 51.8 Å². The van der Waals surface area contributed by atoms with Crippen molar-refractivity contribution in [3.05, 3.63) is 32.9 Å². The zero-order valence-electron chi connectivity index (χ0n) is 16.4. The van der Waals surface area contributed by atoms with Gasteiger partial charge in [0.1, 0.15) is 5.60 Å². The SMILES string of the molecule is CC(C)(C)OC(=O)N1CCC(CCCNC(=O)n2cc(F)c(=O)[nH]c2=O)CC1. The number of carbonyl (C=O) groups excluding carboxylic acids is 2. The summed E-state index contributed by atoms with van der Waals surface area (Å²) >= 11 is 0. The number of amides is 2. The van der Waals surface area contributed by atoms with Crippen molar-refractivity contribution in [2.75, 3.05) is 19.6 Å². The van der Waals surface area contributed by atoms with Crippen LogP contribution < -0.4 is 16.6 Å². The fourth-order valence-corrected chi connectivity index (χ4v) is 3.00. The molecule has 1 aromatic heterocycles. The van der Waals surface area contributed by atoms with Crippen molar-refractivity contribution in [3.63, 3.8) is 0 Å². The molecule has 28 heavy (non-hydrogen) atoms. The first kappa shape index (κ1) is 21.6. The lowest BCUT2D eigenvalue weighted by molar-refractivity contribution is 0.0180. The molecule has 0 unspecified atom stereocenters. The summed E-state index contributed by atoms with van der Waals surface area (Å²) in [5.74, 6) is -0.768. The Morgan fingerprint density at radius 3 is 2.54 bits per heavy atom. The van der Waals surface area contributed by atoms with Crippen molar-refractivity contribution in [2.24, 2.45) is 5.92 Å². The Labute approximate surface area is 161 Å².